The van der Waals surface area contributed by atoms with Crippen molar-refractivity contribution in [3.8, 4) is 0 Å². The van der Waals surface area contributed by atoms with E-state index in [1.54, 1.807) is 18.2 Å². The molecule has 2 fully saturated rings. The largest absolute Gasteiger partial charge is 0.340 e. The lowest BCUT2D eigenvalue weighted by Crippen LogP contribution is -2.54. The highest BCUT2D eigenvalue weighted by Crippen LogP contribution is 2.38. The van der Waals surface area contributed by atoms with Crippen molar-refractivity contribution in [2.75, 3.05) is 13.6 Å². The minimum atomic E-state index is -0.875. The van der Waals surface area contributed by atoms with E-state index in [4.69, 9.17) is 0 Å². The first kappa shape index (κ1) is 18.4. The van der Waals surface area contributed by atoms with Gasteiger partial charge in [-0.3, -0.25) is 14.5 Å². The molecule has 1 saturated heterocycles. The summed E-state index contributed by atoms with van der Waals surface area (Å²) < 4.78 is 13.8. The predicted molar refractivity (Wildman–Crippen MR) is 93.5 cm³/mol. The zero-order valence-electron chi connectivity index (χ0n) is 15.1. The fraction of sp³-hybridized carbons (Fsp3) is 0.526. The third kappa shape index (κ3) is 3.18. The van der Waals surface area contributed by atoms with Crippen LogP contribution in [0.15, 0.2) is 24.3 Å². The summed E-state index contributed by atoms with van der Waals surface area (Å²) in [4.78, 5) is 40.0. The van der Waals surface area contributed by atoms with Gasteiger partial charge < -0.3 is 10.2 Å². The van der Waals surface area contributed by atoms with Crippen LogP contribution in [0.25, 0.3) is 0 Å². The minimum absolute atomic E-state index is 0.0453. The van der Waals surface area contributed by atoms with Crippen LogP contribution in [0.2, 0.25) is 0 Å². The van der Waals surface area contributed by atoms with Gasteiger partial charge in [0.05, 0.1) is 0 Å². The Morgan fingerprint density at radius 3 is 2.77 bits per heavy atom. The van der Waals surface area contributed by atoms with E-state index >= 15 is 0 Å². The first-order valence-corrected chi connectivity index (χ1v) is 8.96. The second kappa shape index (κ2) is 7.05. The Balaban J connectivity index is 1.68. The molecule has 2 unspecified atom stereocenters. The molecule has 0 bridgehead atoms. The van der Waals surface area contributed by atoms with Gasteiger partial charge in [0, 0.05) is 19.2 Å². The topological polar surface area (TPSA) is 69.7 Å². The van der Waals surface area contributed by atoms with E-state index in [-0.39, 0.29) is 24.9 Å². The standard InChI is InChI=1S/C19H24FN3O3/c1-13-7-5-6-10-19(13)17(25)23(18(26)21-19)12-16(24)22(2)11-14-8-3-4-9-15(14)20/h3-4,8-9,13H,5-7,10-12H2,1-2H3,(H,21,26). The van der Waals surface area contributed by atoms with Crippen LogP contribution in [-0.4, -0.2) is 46.8 Å². The quantitative estimate of drug-likeness (QED) is 0.837. The SMILES string of the molecule is CC1CCCCC12NC(=O)N(CC(=O)N(C)Cc1ccccc1F)C2=O. The predicted octanol–water partition coefficient (Wildman–Crippen LogP) is 2.28. The summed E-state index contributed by atoms with van der Waals surface area (Å²) >= 11 is 0. The summed E-state index contributed by atoms with van der Waals surface area (Å²) in [6, 6.07) is 5.70. The van der Waals surface area contributed by atoms with Gasteiger partial charge in [0.1, 0.15) is 17.9 Å². The molecule has 0 aromatic heterocycles. The molecule has 1 heterocycles. The molecule has 4 amide bonds. The molecule has 1 saturated carbocycles. The second-order valence-electron chi connectivity index (χ2n) is 7.28. The van der Waals surface area contributed by atoms with Gasteiger partial charge in [-0.2, -0.15) is 0 Å². The first-order chi connectivity index (χ1) is 12.3. The lowest BCUT2D eigenvalue weighted by Gasteiger charge is -2.36. The van der Waals surface area contributed by atoms with Gasteiger partial charge in [0.2, 0.25) is 5.91 Å². The van der Waals surface area contributed by atoms with Crippen LogP contribution in [0, 0.1) is 11.7 Å². The number of nitrogens with zero attached hydrogens (tertiary/aromatic N) is 2. The molecule has 2 aliphatic rings. The molecule has 1 aliphatic carbocycles. The smallest absolute Gasteiger partial charge is 0.325 e. The molecular weight excluding hydrogens is 337 g/mol. The number of nitrogens with one attached hydrogen (secondary N) is 1. The summed E-state index contributed by atoms with van der Waals surface area (Å²) in [5.74, 6) is -1.07. The van der Waals surface area contributed by atoms with Crippen molar-refractivity contribution in [1.29, 1.82) is 0 Å². The van der Waals surface area contributed by atoms with Gasteiger partial charge in [0.15, 0.2) is 0 Å². The second-order valence-corrected chi connectivity index (χ2v) is 7.28. The highest BCUT2D eigenvalue weighted by Gasteiger charge is 2.55. The molecule has 1 aromatic carbocycles. The molecule has 1 aliphatic heterocycles. The Hall–Kier alpha value is -2.44. The Morgan fingerprint density at radius 2 is 2.08 bits per heavy atom. The van der Waals surface area contributed by atoms with E-state index in [1.165, 1.54) is 18.0 Å². The molecule has 26 heavy (non-hydrogen) atoms. The molecule has 0 radical (unpaired) electrons. The first-order valence-electron chi connectivity index (χ1n) is 8.96. The number of benzene rings is 1. The molecule has 2 atom stereocenters. The number of likely N-dealkylation sites (N-methyl/N-ethyl adjacent to an activating group) is 1. The molecule has 140 valence electrons. The summed E-state index contributed by atoms with van der Waals surface area (Å²) in [5, 5.41) is 2.83. The monoisotopic (exact) mass is 361 g/mol. The summed E-state index contributed by atoms with van der Waals surface area (Å²) in [5.41, 5.74) is -0.488. The maximum Gasteiger partial charge on any atom is 0.325 e. The minimum Gasteiger partial charge on any atom is -0.340 e. The average Bonchev–Trinajstić information content (AvgIpc) is 2.84. The van der Waals surface area contributed by atoms with Crippen molar-refractivity contribution >= 4 is 17.8 Å². The summed E-state index contributed by atoms with van der Waals surface area (Å²) in [6.07, 6.45) is 3.40. The van der Waals surface area contributed by atoms with Gasteiger partial charge in [-0.25, -0.2) is 9.18 Å². The summed E-state index contributed by atoms with van der Waals surface area (Å²) in [7, 11) is 1.53. The highest BCUT2D eigenvalue weighted by atomic mass is 19.1. The molecule has 1 spiro atoms. The fourth-order valence-electron chi connectivity index (χ4n) is 3.87. The van der Waals surface area contributed by atoms with Crippen LogP contribution in [-0.2, 0) is 16.1 Å². The van der Waals surface area contributed by atoms with Crippen molar-refractivity contribution in [2.24, 2.45) is 5.92 Å². The third-order valence-corrected chi connectivity index (χ3v) is 5.59. The third-order valence-electron chi connectivity index (χ3n) is 5.59. The van der Waals surface area contributed by atoms with E-state index in [0.29, 0.717) is 12.0 Å². The van der Waals surface area contributed by atoms with Crippen LogP contribution in [0.5, 0.6) is 0 Å². The van der Waals surface area contributed by atoms with E-state index in [1.807, 2.05) is 6.92 Å². The van der Waals surface area contributed by atoms with E-state index < -0.39 is 23.3 Å². The van der Waals surface area contributed by atoms with E-state index in [9.17, 15) is 18.8 Å². The lowest BCUT2D eigenvalue weighted by atomic mass is 9.73. The zero-order chi connectivity index (χ0) is 18.9. The Kier molecular flexibility index (Phi) is 4.98. The lowest BCUT2D eigenvalue weighted by molar-refractivity contribution is -0.140. The van der Waals surface area contributed by atoms with Crippen molar-refractivity contribution < 1.29 is 18.8 Å². The van der Waals surface area contributed by atoms with Crippen molar-refractivity contribution in [1.82, 2.24) is 15.1 Å². The molecule has 1 N–H and O–H groups in total. The number of halogens is 1. The number of carbonyl (C=O) groups is 3. The van der Waals surface area contributed by atoms with Gasteiger partial charge in [-0.15, -0.1) is 0 Å². The molecular formula is C19H24FN3O3. The van der Waals surface area contributed by atoms with Gasteiger partial charge in [0.25, 0.3) is 5.91 Å². The highest BCUT2D eigenvalue weighted by molar-refractivity contribution is 6.09. The van der Waals surface area contributed by atoms with Crippen LogP contribution in [0.4, 0.5) is 9.18 Å². The van der Waals surface area contributed by atoms with Gasteiger partial charge in [-0.1, -0.05) is 38.0 Å². The Bertz CT molecular complexity index is 738. The number of hydrogen-bond donors (Lipinski definition) is 1. The molecule has 6 nitrogen and oxygen atoms in total. The molecule has 7 heteroatoms. The van der Waals surface area contributed by atoms with Gasteiger partial charge in [-0.05, 0) is 24.8 Å². The zero-order valence-corrected chi connectivity index (χ0v) is 15.1. The number of carbonyl (C=O) groups excluding carboxylic acids is 3. The number of rotatable bonds is 4. The summed E-state index contributed by atoms with van der Waals surface area (Å²) in [6.45, 7) is 1.72. The maximum atomic E-state index is 13.8. The van der Waals surface area contributed by atoms with Crippen LogP contribution in [0.3, 0.4) is 0 Å². The van der Waals surface area contributed by atoms with Crippen LogP contribution >= 0.6 is 0 Å². The van der Waals surface area contributed by atoms with Crippen LogP contribution < -0.4 is 5.32 Å². The number of urea groups is 1. The Labute approximate surface area is 152 Å². The number of hydrogen-bond acceptors (Lipinski definition) is 3. The van der Waals surface area contributed by atoms with Gasteiger partial charge >= 0.3 is 6.03 Å². The van der Waals surface area contributed by atoms with Crippen molar-refractivity contribution in [3.63, 3.8) is 0 Å². The van der Waals surface area contributed by atoms with Crippen molar-refractivity contribution in [2.45, 2.75) is 44.7 Å². The number of imide groups is 1. The normalized spacial score (nSPS) is 25.5. The molecule has 3 rings (SSSR count). The molecule has 1 aromatic rings. The van der Waals surface area contributed by atoms with E-state index in [2.05, 4.69) is 5.32 Å². The van der Waals surface area contributed by atoms with Crippen molar-refractivity contribution in [3.05, 3.63) is 35.6 Å². The van der Waals surface area contributed by atoms with E-state index in [0.717, 1.165) is 24.2 Å². The Morgan fingerprint density at radius 1 is 1.35 bits per heavy atom. The van der Waals surface area contributed by atoms with Crippen LogP contribution in [0.1, 0.15) is 38.2 Å². The fourth-order valence-corrected chi connectivity index (χ4v) is 3.87. The number of amides is 4. The average molecular weight is 361 g/mol. The maximum absolute atomic E-state index is 13.8.